The summed E-state index contributed by atoms with van der Waals surface area (Å²) in [7, 11) is 0. The molecule has 1 aromatic carbocycles. The second-order valence-electron chi connectivity index (χ2n) is 2.50. The van der Waals surface area contributed by atoms with Gasteiger partial charge in [0, 0.05) is 6.07 Å². The Balaban J connectivity index is 2.98. The zero-order valence-corrected chi connectivity index (χ0v) is 8.57. The standard InChI is InChI=1S/C8H7BrF2N2O/c9-4-1-6(11)7(2-5(4)10)13-8(14)3-12/h1-2H,3,12H2,(H,13,14). The van der Waals surface area contributed by atoms with Gasteiger partial charge in [0.25, 0.3) is 0 Å². The van der Waals surface area contributed by atoms with Crippen molar-refractivity contribution in [3.05, 3.63) is 28.2 Å². The van der Waals surface area contributed by atoms with Crippen molar-refractivity contribution in [3.8, 4) is 0 Å². The Kier molecular flexibility index (Phi) is 3.54. The van der Waals surface area contributed by atoms with Crippen LogP contribution in [0.2, 0.25) is 0 Å². The van der Waals surface area contributed by atoms with E-state index < -0.39 is 17.5 Å². The first-order valence-electron chi connectivity index (χ1n) is 3.69. The van der Waals surface area contributed by atoms with Crippen LogP contribution in [0.4, 0.5) is 14.5 Å². The van der Waals surface area contributed by atoms with Crippen molar-refractivity contribution >= 4 is 27.5 Å². The lowest BCUT2D eigenvalue weighted by Crippen LogP contribution is -2.22. The lowest BCUT2D eigenvalue weighted by molar-refractivity contribution is -0.114. The molecule has 14 heavy (non-hydrogen) atoms. The summed E-state index contributed by atoms with van der Waals surface area (Å²) in [4.78, 5) is 10.8. The molecule has 76 valence electrons. The van der Waals surface area contributed by atoms with Gasteiger partial charge in [-0.15, -0.1) is 0 Å². The fraction of sp³-hybridized carbons (Fsp3) is 0.125. The van der Waals surface area contributed by atoms with Gasteiger partial charge >= 0.3 is 0 Å². The van der Waals surface area contributed by atoms with Crippen molar-refractivity contribution in [3.63, 3.8) is 0 Å². The van der Waals surface area contributed by atoms with Crippen molar-refractivity contribution in [2.24, 2.45) is 5.73 Å². The molecule has 1 aromatic rings. The van der Waals surface area contributed by atoms with Crippen molar-refractivity contribution in [1.82, 2.24) is 0 Å². The third-order valence-corrected chi connectivity index (χ3v) is 2.08. The molecule has 0 radical (unpaired) electrons. The molecule has 1 amide bonds. The summed E-state index contributed by atoms with van der Waals surface area (Å²) in [6, 6.07) is 1.81. The maximum absolute atomic E-state index is 13.1. The highest BCUT2D eigenvalue weighted by Gasteiger charge is 2.09. The van der Waals surface area contributed by atoms with Crippen LogP contribution in [-0.4, -0.2) is 12.5 Å². The fourth-order valence-electron chi connectivity index (χ4n) is 0.820. The summed E-state index contributed by atoms with van der Waals surface area (Å²) < 4.78 is 26.0. The molecule has 0 bridgehead atoms. The lowest BCUT2D eigenvalue weighted by atomic mass is 10.3. The maximum atomic E-state index is 13.1. The Labute approximate surface area is 87.4 Å². The second kappa shape index (κ2) is 4.47. The fourth-order valence-corrected chi connectivity index (χ4v) is 1.14. The van der Waals surface area contributed by atoms with E-state index in [1.165, 1.54) is 0 Å². The molecule has 0 aliphatic heterocycles. The third kappa shape index (κ3) is 2.49. The van der Waals surface area contributed by atoms with E-state index in [0.29, 0.717) is 0 Å². The number of nitrogens with one attached hydrogen (secondary N) is 1. The van der Waals surface area contributed by atoms with Crippen molar-refractivity contribution in [2.75, 3.05) is 11.9 Å². The van der Waals surface area contributed by atoms with Crippen LogP contribution in [0.25, 0.3) is 0 Å². The molecule has 6 heteroatoms. The Bertz CT molecular complexity index is 371. The highest BCUT2D eigenvalue weighted by Crippen LogP contribution is 2.23. The normalized spacial score (nSPS) is 10.0. The van der Waals surface area contributed by atoms with Gasteiger partial charge in [-0.25, -0.2) is 8.78 Å². The van der Waals surface area contributed by atoms with Gasteiger partial charge < -0.3 is 11.1 Å². The second-order valence-corrected chi connectivity index (χ2v) is 3.35. The first-order valence-corrected chi connectivity index (χ1v) is 4.48. The highest BCUT2D eigenvalue weighted by atomic mass is 79.9. The number of carbonyl (C=O) groups excluding carboxylic acids is 1. The Morgan fingerprint density at radius 1 is 1.43 bits per heavy atom. The zero-order chi connectivity index (χ0) is 10.7. The van der Waals surface area contributed by atoms with Crippen LogP contribution in [0.3, 0.4) is 0 Å². The molecule has 0 heterocycles. The van der Waals surface area contributed by atoms with E-state index in [0.717, 1.165) is 12.1 Å². The summed E-state index contributed by atoms with van der Waals surface area (Å²) >= 11 is 2.81. The lowest BCUT2D eigenvalue weighted by Gasteiger charge is -2.05. The molecule has 3 N–H and O–H groups in total. The predicted molar refractivity (Wildman–Crippen MR) is 51.7 cm³/mol. The van der Waals surface area contributed by atoms with E-state index in [1.54, 1.807) is 0 Å². The van der Waals surface area contributed by atoms with E-state index in [9.17, 15) is 13.6 Å². The van der Waals surface area contributed by atoms with E-state index in [2.05, 4.69) is 21.2 Å². The number of hydrogen-bond donors (Lipinski definition) is 2. The van der Waals surface area contributed by atoms with Gasteiger partial charge in [-0.1, -0.05) is 0 Å². The summed E-state index contributed by atoms with van der Waals surface area (Å²) in [5.41, 5.74) is 4.78. The van der Waals surface area contributed by atoms with E-state index in [4.69, 9.17) is 5.73 Å². The number of carbonyl (C=O) groups is 1. The summed E-state index contributed by atoms with van der Waals surface area (Å²) in [5.74, 6) is -1.95. The first-order chi connectivity index (χ1) is 6.54. The van der Waals surface area contributed by atoms with Gasteiger partial charge in [-0.3, -0.25) is 4.79 Å². The van der Waals surface area contributed by atoms with Crippen molar-refractivity contribution in [2.45, 2.75) is 0 Å². The maximum Gasteiger partial charge on any atom is 0.238 e. The zero-order valence-electron chi connectivity index (χ0n) is 6.98. The van der Waals surface area contributed by atoms with Gasteiger partial charge in [0.15, 0.2) is 0 Å². The van der Waals surface area contributed by atoms with Crippen LogP contribution < -0.4 is 11.1 Å². The molecule has 0 unspecified atom stereocenters. The quantitative estimate of drug-likeness (QED) is 0.798. The molecule has 0 saturated heterocycles. The topological polar surface area (TPSA) is 55.1 Å². The minimum Gasteiger partial charge on any atom is -0.322 e. The van der Waals surface area contributed by atoms with Crippen LogP contribution in [0.1, 0.15) is 0 Å². The van der Waals surface area contributed by atoms with Crippen LogP contribution in [0.15, 0.2) is 16.6 Å². The van der Waals surface area contributed by atoms with Gasteiger partial charge in [-0.2, -0.15) is 0 Å². The predicted octanol–water partition coefficient (Wildman–Crippen LogP) is 1.62. The van der Waals surface area contributed by atoms with Gasteiger partial charge in [0.2, 0.25) is 5.91 Å². The SMILES string of the molecule is NCC(=O)Nc1cc(F)c(Br)cc1F. The molecule has 0 saturated carbocycles. The largest absolute Gasteiger partial charge is 0.322 e. The molecule has 0 aromatic heterocycles. The summed E-state index contributed by atoms with van der Waals surface area (Å²) in [6.07, 6.45) is 0. The Hall–Kier alpha value is -1.01. The minimum absolute atomic E-state index is 0.000692. The van der Waals surface area contributed by atoms with E-state index in [1.807, 2.05) is 0 Å². The smallest absolute Gasteiger partial charge is 0.238 e. The number of halogens is 3. The van der Waals surface area contributed by atoms with Gasteiger partial charge in [-0.05, 0) is 22.0 Å². The number of rotatable bonds is 2. The Morgan fingerprint density at radius 3 is 2.64 bits per heavy atom. The summed E-state index contributed by atoms with van der Waals surface area (Å²) in [5, 5.41) is 2.13. The van der Waals surface area contributed by atoms with E-state index >= 15 is 0 Å². The number of hydrogen-bond acceptors (Lipinski definition) is 2. The van der Waals surface area contributed by atoms with E-state index in [-0.39, 0.29) is 16.7 Å². The first kappa shape index (κ1) is 11.1. The molecule has 0 fully saturated rings. The molecule has 0 spiro atoms. The molecule has 1 rings (SSSR count). The van der Waals surface area contributed by atoms with Crippen LogP contribution >= 0.6 is 15.9 Å². The summed E-state index contributed by atoms with van der Waals surface area (Å²) in [6.45, 7) is -0.281. The molecule has 0 aliphatic carbocycles. The number of nitrogens with two attached hydrogens (primary N) is 1. The number of amides is 1. The molecule has 0 aliphatic rings. The average Bonchev–Trinajstić information content (AvgIpc) is 2.14. The van der Waals surface area contributed by atoms with Crippen LogP contribution in [-0.2, 0) is 4.79 Å². The minimum atomic E-state index is -0.722. The van der Waals surface area contributed by atoms with Crippen LogP contribution in [0.5, 0.6) is 0 Å². The average molecular weight is 265 g/mol. The van der Waals surface area contributed by atoms with Gasteiger partial charge in [0.05, 0.1) is 16.7 Å². The number of benzene rings is 1. The molecule has 3 nitrogen and oxygen atoms in total. The van der Waals surface area contributed by atoms with Gasteiger partial charge in [0.1, 0.15) is 11.6 Å². The molecule has 0 atom stereocenters. The van der Waals surface area contributed by atoms with Crippen molar-refractivity contribution in [1.29, 1.82) is 0 Å². The third-order valence-electron chi connectivity index (χ3n) is 1.47. The molecular weight excluding hydrogens is 258 g/mol. The number of anilines is 1. The molecular formula is C8H7BrF2N2O. The monoisotopic (exact) mass is 264 g/mol. The highest BCUT2D eigenvalue weighted by molar-refractivity contribution is 9.10. The van der Waals surface area contributed by atoms with Crippen molar-refractivity contribution < 1.29 is 13.6 Å². The van der Waals surface area contributed by atoms with Crippen LogP contribution in [0, 0.1) is 11.6 Å². The Morgan fingerprint density at radius 2 is 2.07 bits per heavy atom.